The van der Waals surface area contributed by atoms with Gasteiger partial charge in [-0.25, -0.2) is 9.18 Å². The van der Waals surface area contributed by atoms with Crippen LogP contribution in [0.15, 0.2) is 18.2 Å². The standard InChI is InChI=1S/C14H14FNO4S/c1-7(13(16)17)20-14(18)12-8(6-19-2)11-9(15)4-3-5-10(11)21-12/h3-5,7H,6H2,1-2H3,(H2,16,17)/t7-/m0/s1. The van der Waals surface area contributed by atoms with Crippen LogP contribution in [0.5, 0.6) is 0 Å². The Bertz CT molecular complexity index is 698. The Labute approximate surface area is 124 Å². The number of carbonyl (C=O) groups excluding carboxylic acids is 2. The van der Waals surface area contributed by atoms with Crippen LogP contribution in [-0.4, -0.2) is 25.1 Å². The van der Waals surface area contributed by atoms with E-state index >= 15 is 0 Å². The lowest BCUT2D eigenvalue weighted by Gasteiger charge is -2.09. The molecule has 112 valence electrons. The summed E-state index contributed by atoms with van der Waals surface area (Å²) in [7, 11) is 1.45. The van der Waals surface area contributed by atoms with Gasteiger partial charge in [-0.1, -0.05) is 6.07 Å². The molecule has 1 atom stereocenters. The molecule has 1 heterocycles. The van der Waals surface area contributed by atoms with Gasteiger partial charge in [-0.2, -0.15) is 0 Å². The van der Waals surface area contributed by atoms with Gasteiger partial charge < -0.3 is 15.2 Å². The number of rotatable bonds is 5. The summed E-state index contributed by atoms with van der Waals surface area (Å²) in [6.45, 7) is 1.44. The zero-order chi connectivity index (χ0) is 15.6. The van der Waals surface area contributed by atoms with Crippen molar-refractivity contribution >= 4 is 33.3 Å². The molecule has 1 aromatic carbocycles. The zero-order valence-electron chi connectivity index (χ0n) is 11.5. The molecule has 0 aliphatic rings. The first kappa shape index (κ1) is 15.4. The molecule has 1 amide bonds. The molecule has 0 radical (unpaired) electrons. The summed E-state index contributed by atoms with van der Waals surface area (Å²) >= 11 is 1.09. The van der Waals surface area contributed by atoms with Crippen LogP contribution in [0.1, 0.15) is 22.2 Å². The largest absolute Gasteiger partial charge is 0.448 e. The fraction of sp³-hybridized carbons (Fsp3) is 0.286. The zero-order valence-corrected chi connectivity index (χ0v) is 12.3. The maximum atomic E-state index is 14.0. The van der Waals surface area contributed by atoms with Gasteiger partial charge in [0.15, 0.2) is 6.10 Å². The van der Waals surface area contributed by atoms with E-state index < -0.39 is 23.8 Å². The van der Waals surface area contributed by atoms with E-state index in [1.54, 1.807) is 12.1 Å². The van der Waals surface area contributed by atoms with Crippen LogP contribution in [0.25, 0.3) is 10.1 Å². The van der Waals surface area contributed by atoms with Crippen molar-refractivity contribution in [3.8, 4) is 0 Å². The minimum atomic E-state index is -1.05. The summed E-state index contributed by atoms with van der Waals surface area (Å²) in [4.78, 5) is 23.3. The Kier molecular flexibility index (Phi) is 4.54. The number of carbonyl (C=O) groups is 2. The number of hydrogen-bond acceptors (Lipinski definition) is 5. The van der Waals surface area contributed by atoms with Gasteiger partial charge in [-0.15, -0.1) is 11.3 Å². The Morgan fingerprint density at radius 1 is 1.43 bits per heavy atom. The monoisotopic (exact) mass is 311 g/mol. The quantitative estimate of drug-likeness (QED) is 0.859. The second kappa shape index (κ2) is 6.19. The van der Waals surface area contributed by atoms with Crippen molar-refractivity contribution in [3.63, 3.8) is 0 Å². The number of primary amides is 1. The highest BCUT2D eigenvalue weighted by molar-refractivity contribution is 7.21. The topological polar surface area (TPSA) is 78.6 Å². The van der Waals surface area contributed by atoms with E-state index in [0.29, 0.717) is 15.6 Å². The third kappa shape index (κ3) is 3.03. The molecule has 0 unspecified atom stereocenters. The Morgan fingerprint density at radius 3 is 2.76 bits per heavy atom. The van der Waals surface area contributed by atoms with Gasteiger partial charge in [0.1, 0.15) is 10.7 Å². The summed E-state index contributed by atoms with van der Waals surface area (Å²) in [6.07, 6.45) is -1.05. The number of fused-ring (bicyclic) bond motifs is 1. The lowest BCUT2D eigenvalue weighted by Crippen LogP contribution is -2.30. The van der Waals surface area contributed by atoms with Crippen molar-refractivity contribution in [2.45, 2.75) is 19.6 Å². The molecule has 2 N–H and O–H groups in total. The van der Waals surface area contributed by atoms with E-state index in [1.807, 2.05) is 0 Å². The van der Waals surface area contributed by atoms with Crippen LogP contribution >= 0.6 is 11.3 Å². The Balaban J connectivity index is 2.48. The van der Waals surface area contributed by atoms with E-state index in [-0.39, 0.29) is 11.5 Å². The van der Waals surface area contributed by atoms with Crippen molar-refractivity contribution in [3.05, 3.63) is 34.5 Å². The van der Waals surface area contributed by atoms with Gasteiger partial charge in [0.2, 0.25) is 0 Å². The molecule has 5 nitrogen and oxygen atoms in total. The lowest BCUT2D eigenvalue weighted by molar-refractivity contribution is -0.125. The third-order valence-corrected chi connectivity index (χ3v) is 4.10. The number of amides is 1. The van der Waals surface area contributed by atoms with Crippen molar-refractivity contribution in [1.29, 1.82) is 0 Å². The normalized spacial score (nSPS) is 12.3. The molecular formula is C14H14FNO4S. The average molecular weight is 311 g/mol. The van der Waals surface area contributed by atoms with Crippen LogP contribution in [0, 0.1) is 5.82 Å². The van der Waals surface area contributed by atoms with Gasteiger partial charge in [0.05, 0.1) is 6.61 Å². The van der Waals surface area contributed by atoms with Crippen LogP contribution in [0.2, 0.25) is 0 Å². The average Bonchev–Trinajstić information content (AvgIpc) is 2.79. The maximum absolute atomic E-state index is 14.0. The number of halogens is 1. The maximum Gasteiger partial charge on any atom is 0.349 e. The summed E-state index contributed by atoms with van der Waals surface area (Å²) < 4.78 is 24.6. The van der Waals surface area contributed by atoms with Gasteiger partial charge in [-0.3, -0.25) is 4.79 Å². The lowest BCUT2D eigenvalue weighted by atomic mass is 10.1. The van der Waals surface area contributed by atoms with Crippen LogP contribution in [0.3, 0.4) is 0 Å². The predicted octanol–water partition coefficient (Wildman–Crippen LogP) is 2.22. The van der Waals surface area contributed by atoms with Gasteiger partial charge in [0, 0.05) is 22.8 Å². The number of thiophene rings is 1. The molecule has 7 heteroatoms. The second-order valence-electron chi connectivity index (χ2n) is 4.41. The fourth-order valence-electron chi connectivity index (χ4n) is 1.89. The van der Waals surface area contributed by atoms with Crippen molar-refractivity contribution in [2.75, 3.05) is 7.11 Å². The highest BCUT2D eigenvalue weighted by Gasteiger charge is 2.24. The Morgan fingerprint density at radius 2 is 2.14 bits per heavy atom. The van der Waals surface area contributed by atoms with E-state index in [9.17, 15) is 14.0 Å². The van der Waals surface area contributed by atoms with Crippen molar-refractivity contribution in [1.82, 2.24) is 0 Å². The van der Waals surface area contributed by atoms with Crippen LogP contribution < -0.4 is 5.73 Å². The molecule has 0 bridgehead atoms. The molecule has 0 aliphatic carbocycles. The summed E-state index contributed by atoms with van der Waals surface area (Å²) in [5.74, 6) is -1.89. The van der Waals surface area contributed by atoms with E-state index in [0.717, 1.165) is 11.3 Å². The molecule has 1 aromatic heterocycles. The summed E-state index contributed by atoms with van der Waals surface area (Å²) in [5, 5.41) is 0.336. The molecule has 0 aliphatic heterocycles. The SMILES string of the molecule is COCc1c(C(=O)O[C@@H](C)C(N)=O)sc2cccc(F)c12. The second-order valence-corrected chi connectivity index (χ2v) is 5.46. The molecule has 0 saturated heterocycles. The fourth-order valence-corrected chi connectivity index (χ4v) is 2.99. The van der Waals surface area contributed by atoms with E-state index in [1.165, 1.54) is 20.1 Å². The third-order valence-electron chi connectivity index (χ3n) is 2.92. The molecule has 0 fully saturated rings. The number of nitrogens with two attached hydrogens (primary N) is 1. The highest BCUT2D eigenvalue weighted by Crippen LogP contribution is 2.34. The number of methoxy groups -OCH3 is 1. The molecule has 0 saturated carbocycles. The molecule has 2 rings (SSSR count). The van der Waals surface area contributed by atoms with E-state index in [4.69, 9.17) is 15.2 Å². The summed E-state index contributed by atoms with van der Waals surface area (Å²) in [5.41, 5.74) is 5.47. The van der Waals surface area contributed by atoms with Crippen molar-refractivity contribution in [2.24, 2.45) is 5.73 Å². The molecule has 21 heavy (non-hydrogen) atoms. The predicted molar refractivity (Wildman–Crippen MR) is 76.6 cm³/mol. The molecular weight excluding hydrogens is 297 g/mol. The first-order valence-electron chi connectivity index (χ1n) is 6.14. The van der Waals surface area contributed by atoms with Gasteiger partial charge >= 0.3 is 5.97 Å². The number of benzene rings is 1. The summed E-state index contributed by atoms with van der Waals surface area (Å²) in [6, 6.07) is 4.58. The number of hydrogen-bond donors (Lipinski definition) is 1. The van der Waals surface area contributed by atoms with E-state index in [2.05, 4.69) is 0 Å². The minimum absolute atomic E-state index is 0.0658. The number of esters is 1. The van der Waals surface area contributed by atoms with Crippen molar-refractivity contribution < 1.29 is 23.5 Å². The number of ether oxygens (including phenoxy) is 2. The van der Waals surface area contributed by atoms with Crippen LogP contribution in [-0.2, 0) is 20.9 Å². The van der Waals surface area contributed by atoms with Gasteiger partial charge in [0.25, 0.3) is 5.91 Å². The highest BCUT2D eigenvalue weighted by atomic mass is 32.1. The Hall–Kier alpha value is -1.99. The van der Waals surface area contributed by atoms with Crippen LogP contribution in [0.4, 0.5) is 4.39 Å². The minimum Gasteiger partial charge on any atom is -0.448 e. The first-order chi connectivity index (χ1) is 9.95. The molecule has 2 aromatic rings. The smallest absolute Gasteiger partial charge is 0.349 e. The first-order valence-corrected chi connectivity index (χ1v) is 6.96. The van der Waals surface area contributed by atoms with Gasteiger partial charge in [-0.05, 0) is 19.1 Å². The molecule has 0 spiro atoms.